The van der Waals surface area contributed by atoms with Crippen LogP contribution in [0.15, 0.2) is 78.5 Å². The molecule has 0 aliphatic carbocycles. The first-order valence-electron chi connectivity index (χ1n) is 12.0. The molecule has 0 saturated carbocycles. The van der Waals surface area contributed by atoms with Crippen LogP contribution in [0, 0.1) is 5.82 Å². The second-order valence-electron chi connectivity index (χ2n) is 8.76. The van der Waals surface area contributed by atoms with Gasteiger partial charge >= 0.3 is 0 Å². The van der Waals surface area contributed by atoms with E-state index < -0.39 is 0 Å². The standard InChI is InChI=1S/C30H33FN2O2/c1-5-6-8-12-22(4)32-30(35)27-26(23-13-9-7-10-14-23)29(24-15-17-25(31)18-16-24)33(19-11-20-34)28(27)21(2)3/h5-7,9-10,12-18,20-21H,8,11,19H2,1-4H3,(H,32,35)/b6-5-,22-12+. The van der Waals surface area contributed by atoms with Gasteiger partial charge in [0.15, 0.2) is 0 Å². The lowest BCUT2D eigenvalue weighted by Gasteiger charge is -2.16. The highest BCUT2D eigenvalue weighted by atomic mass is 19.1. The number of hydrogen-bond acceptors (Lipinski definition) is 2. The molecule has 3 aromatic rings. The second kappa shape index (κ2) is 12.1. The summed E-state index contributed by atoms with van der Waals surface area (Å²) < 4.78 is 15.9. The molecule has 0 unspecified atom stereocenters. The molecule has 0 aliphatic rings. The number of aromatic nitrogens is 1. The van der Waals surface area contributed by atoms with Gasteiger partial charge in [0, 0.05) is 29.9 Å². The summed E-state index contributed by atoms with van der Waals surface area (Å²) >= 11 is 0. The third kappa shape index (κ3) is 6.04. The van der Waals surface area contributed by atoms with E-state index in [2.05, 4.69) is 9.88 Å². The molecule has 4 nitrogen and oxygen atoms in total. The molecule has 2 aromatic carbocycles. The molecule has 5 heteroatoms. The van der Waals surface area contributed by atoms with E-state index in [1.54, 1.807) is 12.1 Å². The number of aldehydes is 1. The van der Waals surface area contributed by atoms with E-state index in [0.29, 0.717) is 18.5 Å². The zero-order valence-electron chi connectivity index (χ0n) is 20.8. The monoisotopic (exact) mass is 472 g/mol. The van der Waals surface area contributed by atoms with Crippen LogP contribution in [0.5, 0.6) is 0 Å². The van der Waals surface area contributed by atoms with Gasteiger partial charge in [-0.05, 0) is 61.6 Å². The fourth-order valence-corrected chi connectivity index (χ4v) is 4.35. The van der Waals surface area contributed by atoms with Gasteiger partial charge in [0.25, 0.3) is 5.91 Å². The predicted octanol–water partition coefficient (Wildman–Crippen LogP) is 7.27. The van der Waals surface area contributed by atoms with Gasteiger partial charge in [-0.25, -0.2) is 4.39 Å². The van der Waals surface area contributed by atoms with Crippen molar-refractivity contribution in [2.75, 3.05) is 0 Å². The van der Waals surface area contributed by atoms with E-state index in [1.807, 2.05) is 76.3 Å². The average Bonchev–Trinajstić information content (AvgIpc) is 3.19. The predicted molar refractivity (Wildman–Crippen MR) is 141 cm³/mol. The fraction of sp³-hybridized carbons (Fsp3) is 0.267. The first-order valence-corrected chi connectivity index (χ1v) is 12.0. The van der Waals surface area contributed by atoms with Crippen LogP contribution < -0.4 is 5.32 Å². The minimum absolute atomic E-state index is 0.00590. The zero-order chi connectivity index (χ0) is 25.4. The Bertz CT molecular complexity index is 1220. The van der Waals surface area contributed by atoms with Crippen molar-refractivity contribution < 1.29 is 14.0 Å². The highest BCUT2D eigenvalue weighted by molar-refractivity contribution is 6.07. The topological polar surface area (TPSA) is 51.1 Å². The van der Waals surface area contributed by atoms with Gasteiger partial charge in [0.2, 0.25) is 0 Å². The first-order chi connectivity index (χ1) is 16.9. The molecule has 3 rings (SSSR count). The quantitative estimate of drug-likeness (QED) is 0.249. The molecule has 0 fully saturated rings. The van der Waals surface area contributed by atoms with Crippen LogP contribution in [0.1, 0.15) is 62.5 Å². The number of hydrogen-bond donors (Lipinski definition) is 1. The maximum absolute atomic E-state index is 13.8. The normalized spacial score (nSPS) is 11.9. The molecular weight excluding hydrogens is 439 g/mol. The summed E-state index contributed by atoms with van der Waals surface area (Å²) in [5, 5.41) is 3.06. The number of amides is 1. The lowest BCUT2D eigenvalue weighted by molar-refractivity contribution is -0.108. The van der Waals surface area contributed by atoms with Crippen molar-refractivity contribution in [1.82, 2.24) is 9.88 Å². The number of carbonyl (C=O) groups excluding carboxylic acids is 2. The van der Waals surface area contributed by atoms with Crippen molar-refractivity contribution in [3.05, 3.63) is 95.6 Å². The summed E-state index contributed by atoms with van der Waals surface area (Å²) in [7, 11) is 0. The van der Waals surface area contributed by atoms with Crippen LogP contribution >= 0.6 is 0 Å². The Balaban J connectivity index is 2.33. The third-order valence-electron chi connectivity index (χ3n) is 5.83. The van der Waals surface area contributed by atoms with Gasteiger partial charge in [0.1, 0.15) is 12.1 Å². The van der Waals surface area contributed by atoms with E-state index >= 15 is 0 Å². The Morgan fingerprint density at radius 2 is 1.74 bits per heavy atom. The number of nitrogens with one attached hydrogen (secondary N) is 1. The molecule has 182 valence electrons. The van der Waals surface area contributed by atoms with Crippen molar-refractivity contribution in [3.8, 4) is 22.4 Å². The maximum atomic E-state index is 13.8. The Hall–Kier alpha value is -3.73. The molecule has 0 radical (unpaired) electrons. The summed E-state index contributed by atoms with van der Waals surface area (Å²) in [5.41, 5.74) is 5.47. The maximum Gasteiger partial charge on any atom is 0.257 e. The molecule has 0 atom stereocenters. The Morgan fingerprint density at radius 3 is 2.34 bits per heavy atom. The van der Waals surface area contributed by atoms with E-state index in [0.717, 1.165) is 46.5 Å². The Kier molecular flexibility index (Phi) is 8.96. The second-order valence-corrected chi connectivity index (χ2v) is 8.76. The minimum Gasteiger partial charge on any atom is -0.343 e. The fourth-order valence-electron chi connectivity index (χ4n) is 4.35. The van der Waals surface area contributed by atoms with E-state index in [4.69, 9.17) is 0 Å². The highest BCUT2D eigenvalue weighted by Gasteiger charge is 2.30. The molecule has 1 heterocycles. The van der Waals surface area contributed by atoms with Gasteiger partial charge in [-0.2, -0.15) is 0 Å². The van der Waals surface area contributed by atoms with Crippen LogP contribution in [-0.4, -0.2) is 16.8 Å². The molecule has 0 aliphatic heterocycles. The summed E-state index contributed by atoms with van der Waals surface area (Å²) in [6.07, 6.45) is 7.88. The number of allylic oxidation sites excluding steroid dienone is 4. The third-order valence-corrected chi connectivity index (χ3v) is 5.83. The van der Waals surface area contributed by atoms with Gasteiger partial charge < -0.3 is 14.7 Å². The smallest absolute Gasteiger partial charge is 0.257 e. The van der Waals surface area contributed by atoms with Crippen LogP contribution in [-0.2, 0) is 11.3 Å². The summed E-state index contributed by atoms with van der Waals surface area (Å²) in [4.78, 5) is 25.2. The number of carbonyl (C=O) groups is 2. The summed E-state index contributed by atoms with van der Waals surface area (Å²) in [5.74, 6) is -0.522. The van der Waals surface area contributed by atoms with E-state index in [-0.39, 0.29) is 17.6 Å². The minimum atomic E-state index is -0.329. The van der Waals surface area contributed by atoms with Crippen molar-refractivity contribution in [2.24, 2.45) is 0 Å². The molecule has 0 saturated heterocycles. The lowest BCUT2D eigenvalue weighted by atomic mass is 9.94. The highest BCUT2D eigenvalue weighted by Crippen LogP contribution is 2.42. The van der Waals surface area contributed by atoms with Crippen LogP contribution in [0.4, 0.5) is 4.39 Å². The molecule has 0 bridgehead atoms. The van der Waals surface area contributed by atoms with Gasteiger partial charge in [-0.1, -0.05) is 62.4 Å². The summed E-state index contributed by atoms with van der Waals surface area (Å²) in [6, 6.07) is 16.0. The van der Waals surface area contributed by atoms with Crippen molar-refractivity contribution >= 4 is 12.2 Å². The Morgan fingerprint density at radius 1 is 1.06 bits per heavy atom. The average molecular weight is 473 g/mol. The van der Waals surface area contributed by atoms with Crippen molar-refractivity contribution in [3.63, 3.8) is 0 Å². The van der Waals surface area contributed by atoms with Crippen LogP contribution in [0.3, 0.4) is 0 Å². The van der Waals surface area contributed by atoms with Gasteiger partial charge in [-0.15, -0.1) is 0 Å². The van der Waals surface area contributed by atoms with Crippen LogP contribution in [0.25, 0.3) is 22.4 Å². The molecule has 1 amide bonds. The first kappa shape index (κ1) is 25.9. The molecule has 0 spiro atoms. The zero-order valence-corrected chi connectivity index (χ0v) is 20.8. The van der Waals surface area contributed by atoms with E-state index in [9.17, 15) is 14.0 Å². The SMILES string of the molecule is C/C=C\C/C=C(\C)NC(=O)c1c(-c2ccccc2)c(-c2ccc(F)cc2)n(CCC=O)c1C(C)C. The summed E-state index contributed by atoms with van der Waals surface area (Å²) in [6.45, 7) is 8.35. The molecule has 1 N–H and O–H groups in total. The molecule has 1 aromatic heterocycles. The van der Waals surface area contributed by atoms with Crippen molar-refractivity contribution in [1.29, 1.82) is 0 Å². The Labute approximate surface area is 207 Å². The number of halogens is 1. The van der Waals surface area contributed by atoms with Crippen LogP contribution in [0.2, 0.25) is 0 Å². The van der Waals surface area contributed by atoms with Gasteiger partial charge in [0.05, 0.1) is 11.3 Å². The lowest BCUT2D eigenvalue weighted by Crippen LogP contribution is -2.23. The van der Waals surface area contributed by atoms with Gasteiger partial charge in [-0.3, -0.25) is 4.79 Å². The molecular formula is C30H33FN2O2. The van der Waals surface area contributed by atoms with Crippen molar-refractivity contribution in [2.45, 2.75) is 53.0 Å². The largest absolute Gasteiger partial charge is 0.343 e. The number of rotatable bonds is 10. The number of nitrogens with zero attached hydrogens (tertiary/aromatic N) is 1. The van der Waals surface area contributed by atoms with E-state index in [1.165, 1.54) is 12.1 Å². The molecule has 35 heavy (non-hydrogen) atoms. The number of benzene rings is 2.